The average molecular weight is 328 g/mol. The van der Waals surface area contributed by atoms with Crippen LogP contribution in [-0.4, -0.2) is 31.0 Å². The topological polar surface area (TPSA) is 58.6 Å². The Hall–Kier alpha value is -2.89. The normalized spacial score (nSPS) is 17.0. The lowest BCUT2D eigenvalue weighted by Crippen LogP contribution is -2.43. The number of nitrogens with one attached hydrogen (secondary N) is 1. The third kappa shape index (κ3) is 3.53. The molecule has 5 nitrogen and oxygen atoms in total. The number of halogens is 1. The Kier molecular flexibility index (Phi) is 4.74. The highest BCUT2D eigenvalue weighted by Gasteiger charge is 2.33. The van der Waals surface area contributed by atoms with Crippen molar-refractivity contribution in [3.63, 3.8) is 0 Å². The number of rotatable bonds is 5. The quantitative estimate of drug-likeness (QED) is 0.915. The number of carbonyl (C=O) groups is 2. The number of carbonyl (C=O) groups excluding carboxylic acids is 2. The first kappa shape index (κ1) is 16.0. The lowest BCUT2D eigenvalue weighted by atomic mass is 10.2. The number of hydrogen-bond acceptors (Lipinski definition) is 3. The summed E-state index contributed by atoms with van der Waals surface area (Å²) in [6, 6.07) is 14.6. The summed E-state index contributed by atoms with van der Waals surface area (Å²) in [4.78, 5) is 26.0. The van der Waals surface area contributed by atoms with Crippen molar-refractivity contribution in [2.45, 2.75) is 12.5 Å². The molecule has 0 radical (unpaired) electrons. The molecule has 2 aromatic carbocycles. The molecule has 1 aliphatic rings. The maximum atomic E-state index is 13.4. The Morgan fingerprint density at radius 3 is 2.62 bits per heavy atom. The fourth-order valence-electron chi connectivity index (χ4n) is 2.62. The molecule has 124 valence electrons. The molecule has 1 N–H and O–H groups in total. The predicted molar refractivity (Wildman–Crippen MR) is 87.2 cm³/mol. The van der Waals surface area contributed by atoms with Gasteiger partial charge in [0.15, 0.2) is 18.2 Å². The van der Waals surface area contributed by atoms with Crippen molar-refractivity contribution < 1.29 is 18.7 Å². The summed E-state index contributed by atoms with van der Waals surface area (Å²) in [5.74, 6) is -1.12. The number of ether oxygens (including phenoxy) is 1. The third-order valence-corrected chi connectivity index (χ3v) is 3.80. The van der Waals surface area contributed by atoms with E-state index >= 15 is 0 Å². The number of anilines is 1. The molecule has 0 aromatic heterocycles. The van der Waals surface area contributed by atoms with Gasteiger partial charge < -0.3 is 15.0 Å². The SMILES string of the molecule is O=C(COc1ccccc1F)N[C@H]1CCN(c2ccccc2)C1=O. The van der Waals surface area contributed by atoms with Gasteiger partial charge in [-0.2, -0.15) is 0 Å². The summed E-state index contributed by atoms with van der Waals surface area (Å²) in [6.07, 6.45) is 0.527. The van der Waals surface area contributed by atoms with Gasteiger partial charge in [-0.1, -0.05) is 30.3 Å². The van der Waals surface area contributed by atoms with Gasteiger partial charge in [-0.3, -0.25) is 9.59 Å². The number of para-hydroxylation sites is 2. The third-order valence-electron chi connectivity index (χ3n) is 3.80. The molecular weight excluding hydrogens is 311 g/mol. The summed E-state index contributed by atoms with van der Waals surface area (Å²) in [5, 5.41) is 2.64. The van der Waals surface area contributed by atoms with Crippen molar-refractivity contribution in [1.29, 1.82) is 0 Å². The van der Waals surface area contributed by atoms with E-state index in [1.807, 2.05) is 30.3 Å². The molecule has 0 aliphatic carbocycles. The molecule has 0 unspecified atom stereocenters. The van der Waals surface area contributed by atoms with Crippen molar-refractivity contribution in [1.82, 2.24) is 5.32 Å². The highest BCUT2D eigenvalue weighted by atomic mass is 19.1. The van der Waals surface area contributed by atoms with Crippen molar-refractivity contribution in [3.8, 4) is 5.75 Å². The minimum Gasteiger partial charge on any atom is -0.481 e. The fraction of sp³-hybridized carbons (Fsp3) is 0.222. The Balaban J connectivity index is 1.54. The van der Waals surface area contributed by atoms with E-state index in [2.05, 4.69) is 5.32 Å². The number of benzene rings is 2. The first-order chi connectivity index (χ1) is 11.6. The van der Waals surface area contributed by atoms with E-state index in [0.717, 1.165) is 5.69 Å². The van der Waals surface area contributed by atoms with Gasteiger partial charge in [0.25, 0.3) is 5.91 Å². The first-order valence-corrected chi connectivity index (χ1v) is 7.68. The molecule has 0 spiro atoms. The van der Waals surface area contributed by atoms with Gasteiger partial charge in [-0.05, 0) is 30.7 Å². The van der Waals surface area contributed by atoms with Crippen molar-refractivity contribution >= 4 is 17.5 Å². The van der Waals surface area contributed by atoms with Crippen molar-refractivity contribution in [2.24, 2.45) is 0 Å². The van der Waals surface area contributed by atoms with Gasteiger partial charge in [-0.25, -0.2) is 4.39 Å². The molecule has 0 bridgehead atoms. The van der Waals surface area contributed by atoms with E-state index < -0.39 is 17.8 Å². The van der Waals surface area contributed by atoms with Gasteiger partial charge in [0.1, 0.15) is 6.04 Å². The summed E-state index contributed by atoms with van der Waals surface area (Å²) in [6.45, 7) is 0.206. The molecule has 1 heterocycles. The van der Waals surface area contributed by atoms with Crippen LogP contribution in [0.1, 0.15) is 6.42 Å². The molecule has 3 rings (SSSR count). The van der Waals surface area contributed by atoms with Gasteiger partial charge in [-0.15, -0.1) is 0 Å². The van der Waals surface area contributed by atoms with E-state index in [1.54, 1.807) is 11.0 Å². The molecule has 1 fully saturated rings. The molecule has 2 aromatic rings. The molecule has 24 heavy (non-hydrogen) atoms. The Bertz CT molecular complexity index is 736. The maximum absolute atomic E-state index is 13.4. The number of amides is 2. The van der Waals surface area contributed by atoms with Crippen LogP contribution in [0, 0.1) is 5.82 Å². The van der Waals surface area contributed by atoms with Gasteiger partial charge in [0.05, 0.1) is 0 Å². The monoisotopic (exact) mass is 328 g/mol. The van der Waals surface area contributed by atoms with E-state index in [0.29, 0.717) is 13.0 Å². The average Bonchev–Trinajstić information content (AvgIpc) is 2.96. The molecule has 6 heteroatoms. The highest BCUT2D eigenvalue weighted by Crippen LogP contribution is 2.21. The van der Waals surface area contributed by atoms with Crippen LogP contribution in [0.2, 0.25) is 0 Å². The summed E-state index contributed by atoms with van der Waals surface area (Å²) in [5.41, 5.74) is 0.807. The molecule has 1 aliphatic heterocycles. The van der Waals surface area contributed by atoms with Crippen LogP contribution >= 0.6 is 0 Å². The van der Waals surface area contributed by atoms with Gasteiger partial charge in [0.2, 0.25) is 5.91 Å². The predicted octanol–water partition coefficient (Wildman–Crippen LogP) is 2.13. The zero-order chi connectivity index (χ0) is 16.9. The van der Waals surface area contributed by atoms with Crippen LogP contribution in [0.25, 0.3) is 0 Å². The summed E-state index contributed by atoms with van der Waals surface area (Å²) >= 11 is 0. The summed E-state index contributed by atoms with van der Waals surface area (Å²) < 4.78 is 18.6. The summed E-state index contributed by atoms with van der Waals surface area (Å²) in [7, 11) is 0. The van der Waals surface area contributed by atoms with Gasteiger partial charge >= 0.3 is 0 Å². The maximum Gasteiger partial charge on any atom is 0.258 e. The van der Waals surface area contributed by atoms with Crippen LogP contribution < -0.4 is 15.0 Å². The van der Waals surface area contributed by atoms with Crippen molar-refractivity contribution in [2.75, 3.05) is 18.1 Å². The molecular formula is C18H17FN2O3. The van der Waals surface area contributed by atoms with E-state index in [-0.39, 0.29) is 18.3 Å². The zero-order valence-electron chi connectivity index (χ0n) is 12.9. The van der Waals surface area contributed by atoms with Crippen LogP contribution in [-0.2, 0) is 9.59 Å². The van der Waals surface area contributed by atoms with Crippen molar-refractivity contribution in [3.05, 3.63) is 60.4 Å². The minimum atomic E-state index is -0.582. The van der Waals surface area contributed by atoms with E-state index in [4.69, 9.17) is 4.74 Å². The number of nitrogens with zero attached hydrogens (tertiary/aromatic N) is 1. The molecule has 0 saturated carbocycles. The largest absolute Gasteiger partial charge is 0.481 e. The minimum absolute atomic E-state index is 0.0105. The van der Waals surface area contributed by atoms with Crippen LogP contribution in [0.4, 0.5) is 10.1 Å². The Labute approximate surface area is 139 Å². The van der Waals surface area contributed by atoms with E-state index in [9.17, 15) is 14.0 Å². The second-order valence-corrected chi connectivity index (χ2v) is 5.45. The highest BCUT2D eigenvalue weighted by molar-refractivity contribution is 6.01. The Morgan fingerprint density at radius 1 is 1.17 bits per heavy atom. The molecule has 2 amide bonds. The Morgan fingerprint density at radius 2 is 1.88 bits per heavy atom. The smallest absolute Gasteiger partial charge is 0.258 e. The second-order valence-electron chi connectivity index (χ2n) is 5.45. The first-order valence-electron chi connectivity index (χ1n) is 7.68. The molecule has 1 atom stereocenters. The second kappa shape index (κ2) is 7.12. The lowest BCUT2D eigenvalue weighted by Gasteiger charge is -2.17. The number of hydrogen-bond donors (Lipinski definition) is 1. The fourth-order valence-corrected chi connectivity index (χ4v) is 2.62. The van der Waals surface area contributed by atoms with E-state index in [1.165, 1.54) is 18.2 Å². The zero-order valence-corrected chi connectivity index (χ0v) is 12.9. The van der Waals surface area contributed by atoms with Crippen LogP contribution in [0.3, 0.4) is 0 Å². The lowest BCUT2D eigenvalue weighted by molar-refractivity contribution is -0.127. The van der Waals surface area contributed by atoms with Crippen LogP contribution in [0.15, 0.2) is 54.6 Å². The van der Waals surface area contributed by atoms with Crippen LogP contribution in [0.5, 0.6) is 5.75 Å². The van der Waals surface area contributed by atoms with Gasteiger partial charge in [0, 0.05) is 12.2 Å². The standard InChI is InChI=1S/C18H17FN2O3/c19-14-8-4-5-9-16(14)24-12-17(22)20-15-10-11-21(18(15)23)13-6-2-1-3-7-13/h1-9,15H,10-12H2,(H,20,22)/t15-/m0/s1. The molecule has 1 saturated heterocycles.